The zero-order valence-corrected chi connectivity index (χ0v) is 17.3. The van der Waals surface area contributed by atoms with E-state index in [1.165, 1.54) is 40.5 Å². The van der Waals surface area contributed by atoms with Gasteiger partial charge in [-0.15, -0.1) is 11.8 Å². The Kier molecular flexibility index (Phi) is 5.59. The number of ether oxygens (including phenoxy) is 2. The molecule has 0 aromatic heterocycles. The predicted molar refractivity (Wildman–Crippen MR) is 111 cm³/mol. The molecule has 1 atom stereocenters. The van der Waals surface area contributed by atoms with Crippen molar-refractivity contribution in [2.75, 3.05) is 14.2 Å². The third kappa shape index (κ3) is 3.70. The zero-order valence-electron chi connectivity index (χ0n) is 16.5. The first-order chi connectivity index (χ1) is 14.5. The quantitative estimate of drug-likeness (QED) is 0.660. The van der Waals surface area contributed by atoms with Crippen molar-refractivity contribution in [1.29, 1.82) is 0 Å². The minimum atomic E-state index is -0.498. The molecule has 0 spiro atoms. The van der Waals surface area contributed by atoms with Crippen LogP contribution in [0.1, 0.15) is 11.1 Å². The van der Waals surface area contributed by atoms with E-state index in [1.54, 1.807) is 31.4 Å². The summed E-state index contributed by atoms with van der Waals surface area (Å²) in [4.78, 5) is 27.5. The van der Waals surface area contributed by atoms with Crippen molar-refractivity contribution in [2.45, 2.75) is 18.3 Å². The summed E-state index contributed by atoms with van der Waals surface area (Å²) in [6, 6.07) is 11.4. The molecule has 0 saturated heterocycles. The lowest BCUT2D eigenvalue weighted by molar-refractivity contribution is -0.455. The Labute approximate surface area is 177 Å². The molecular formula is C22H20FN2O4S+. The van der Waals surface area contributed by atoms with Gasteiger partial charge in [0.1, 0.15) is 24.6 Å². The maximum atomic E-state index is 14.1. The van der Waals surface area contributed by atoms with Crippen LogP contribution >= 0.6 is 11.8 Å². The van der Waals surface area contributed by atoms with Gasteiger partial charge >= 0.3 is 11.9 Å². The molecule has 3 amide bonds. The number of hydrogen-bond donors (Lipinski definition) is 0. The van der Waals surface area contributed by atoms with Crippen molar-refractivity contribution in [2.24, 2.45) is 0 Å². The highest BCUT2D eigenvalue weighted by atomic mass is 32.2. The SMILES string of the molecule is COc1cccc(CN2C(=O)C3SC=CC3=[N+](Cc3ccc(OC)c(F)c3)C2=O)c1. The lowest BCUT2D eigenvalue weighted by Gasteiger charge is -2.24. The number of methoxy groups -OCH3 is 2. The smallest absolute Gasteiger partial charge is 0.497 e. The number of carbonyl (C=O) groups is 2. The van der Waals surface area contributed by atoms with Crippen LogP contribution in [-0.2, 0) is 17.9 Å². The van der Waals surface area contributed by atoms with Gasteiger partial charge in [-0.25, -0.2) is 9.18 Å². The molecule has 1 unspecified atom stereocenters. The molecule has 2 aliphatic rings. The minimum Gasteiger partial charge on any atom is -0.497 e. The van der Waals surface area contributed by atoms with Crippen LogP contribution in [0.25, 0.3) is 0 Å². The van der Waals surface area contributed by atoms with E-state index in [-0.39, 0.29) is 24.7 Å². The molecule has 154 valence electrons. The van der Waals surface area contributed by atoms with Gasteiger partial charge in [0.25, 0.3) is 0 Å². The summed E-state index contributed by atoms with van der Waals surface area (Å²) in [6.45, 7) is 0.283. The fourth-order valence-electron chi connectivity index (χ4n) is 3.50. The lowest BCUT2D eigenvalue weighted by Crippen LogP contribution is -2.54. The van der Waals surface area contributed by atoms with Crippen molar-refractivity contribution >= 4 is 29.4 Å². The number of thioether (sulfide) groups is 1. The number of fused-ring (bicyclic) bond motifs is 1. The van der Waals surface area contributed by atoms with Gasteiger partial charge in [-0.2, -0.15) is 14.3 Å². The van der Waals surface area contributed by atoms with Gasteiger partial charge in [0.15, 0.2) is 16.8 Å². The summed E-state index contributed by atoms with van der Waals surface area (Å²) in [5.41, 5.74) is 2.01. The predicted octanol–water partition coefficient (Wildman–Crippen LogP) is 3.59. The number of nitrogens with zero attached hydrogens (tertiary/aromatic N) is 2. The summed E-state index contributed by atoms with van der Waals surface area (Å²) < 4.78 is 25.9. The van der Waals surface area contributed by atoms with Gasteiger partial charge < -0.3 is 9.47 Å². The molecule has 0 N–H and O–H groups in total. The van der Waals surface area contributed by atoms with Crippen LogP contribution in [0.5, 0.6) is 11.5 Å². The molecule has 0 radical (unpaired) electrons. The van der Waals surface area contributed by atoms with Crippen LogP contribution in [0.15, 0.2) is 53.9 Å². The molecule has 0 fully saturated rings. The Balaban J connectivity index is 1.66. The fraction of sp³-hybridized carbons (Fsp3) is 0.227. The molecule has 0 aliphatic carbocycles. The monoisotopic (exact) mass is 427 g/mol. The highest BCUT2D eigenvalue weighted by Gasteiger charge is 2.48. The van der Waals surface area contributed by atoms with Crippen LogP contribution < -0.4 is 9.47 Å². The van der Waals surface area contributed by atoms with Gasteiger partial charge in [-0.3, -0.25) is 0 Å². The lowest BCUT2D eigenvalue weighted by atomic mass is 10.1. The second-order valence-corrected chi connectivity index (χ2v) is 7.87. The van der Waals surface area contributed by atoms with Crippen molar-refractivity contribution in [3.63, 3.8) is 0 Å². The Morgan fingerprint density at radius 1 is 1.10 bits per heavy atom. The maximum absolute atomic E-state index is 14.1. The average Bonchev–Trinajstić information content (AvgIpc) is 3.24. The molecule has 30 heavy (non-hydrogen) atoms. The van der Waals surface area contributed by atoms with E-state index in [1.807, 2.05) is 17.5 Å². The highest BCUT2D eigenvalue weighted by molar-refractivity contribution is 8.04. The van der Waals surface area contributed by atoms with Crippen molar-refractivity contribution in [3.8, 4) is 11.5 Å². The molecular weight excluding hydrogens is 407 g/mol. The molecule has 0 bridgehead atoms. The number of amides is 3. The molecule has 4 rings (SSSR count). The van der Waals surface area contributed by atoms with Crippen LogP contribution in [0, 0.1) is 5.82 Å². The first-order valence-electron chi connectivity index (χ1n) is 9.29. The largest absolute Gasteiger partial charge is 0.501 e. The molecule has 0 saturated carbocycles. The molecule has 2 aromatic rings. The van der Waals surface area contributed by atoms with Crippen LogP contribution in [0.3, 0.4) is 0 Å². The summed E-state index contributed by atoms with van der Waals surface area (Å²) in [6.07, 6.45) is 1.77. The fourth-order valence-corrected chi connectivity index (χ4v) is 4.47. The number of imide groups is 1. The molecule has 8 heteroatoms. The number of rotatable bonds is 6. The van der Waals surface area contributed by atoms with Crippen LogP contribution in [0.4, 0.5) is 9.18 Å². The van der Waals surface area contributed by atoms with Gasteiger partial charge in [0.05, 0.1) is 14.2 Å². The number of halogens is 1. The molecule has 6 nitrogen and oxygen atoms in total. The van der Waals surface area contributed by atoms with E-state index < -0.39 is 17.1 Å². The second kappa shape index (κ2) is 8.31. The van der Waals surface area contributed by atoms with E-state index in [9.17, 15) is 14.0 Å². The molecule has 2 aliphatic heterocycles. The summed E-state index contributed by atoms with van der Waals surface area (Å²) in [7, 11) is 2.96. The topological polar surface area (TPSA) is 58.9 Å². The number of allylic oxidation sites excluding steroid dienone is 1. The highest BCUT2D eigenvalue weighted by Crippen LogP contribution is 2.30. The maximum Gasteiger partial charge on any atom is 0.501 e. The van der Waals surface area contributed by atoms with Crippen molar-refractivity contribution < 1.29 is 28.0 Å². The number of benzene rings is 2. The van der Waals surface area contributed by atoms with Gasteiger partial charge in [0.2, 0.25) is 0 Å². The Hall–Kier alpha value is -3.13. The first-order valence-corrected chi connectivity index (χ1v) is 10.2. The normalized spacial score (nSPS) is 18.1. The van der Waals surface area contributed by atoms with E-state index in [2.05, 4.69) is 0 Å². The number of urea groups is 1. The number of hydrogen-bond acceptors (Lipinski definition) is 5. The third-order valence-corrected chi connectivity index (χ3v) is 6.03. The third-order valence-electron chi connectivity index (χ3n) is 5.02. The van der Waals surface area contributed by atoms with E-state index >= 15 is 0 Å². The Bertz CT molecular complexity index is 1080. The summed E-state index contributed by atoms with van der Waals surface area (Å²) in [5.74, 6) is 0.0335. The Morgan fingerprint density at radius 3 is 2.67 bits per heavy atom. The Morgan fingerprint density at radius 2 is 1.93 bits per heavy atom. The van der Waals surface area contributed by atoms with Crippen molar-refractivity contribution in [1.82, 2.24) is 4.90 Å². The molecule has 2 aromatic carbocycles. The summed E-state index contributed by atoms with van der Waals surface area (Å²) >= 11 is 1.36. The van der Waals surface area contributed by atoms with Gasteiger partial charge in [-0.1, -0.05) is 18.2 Å². The van der Waals surface area contributed by atoms with Gasteiger partial charge in [0, 0.05) is 0 Å². The van der Waals surface area contributed by atoms with Crippen molar-refractivity contribution in [3.05, 3.63) is 70.9 Å². The number of carbonyl (C=O) groups excluding carboxylic acids is 2. The average molecular weight is 427 g/mol. The zero-order chi connectivity index (χ0) is 21.3. The molecule has 2 heterocycles. The van der Waals surface area contributed by atoms with E-state index in [0.717, 1.165) is 5.56 Å². The van der Waals surface area contributed by atoms with E-state index in [0.29, 0.717) is 17.0 Å². The van der Waals surface area contributed by atoms with Crippen LogP contribution in [0.2, 0.25) is 0 Å². The van der Waals surface area contributed by atoms with Crippen LogP contribution in [-0.4, -0.2) is 46.6 Å². The summed E-state index contributed by atoms with van der Waals surface area (Å²) in [5, 5.41) is 1.32. The standard InChI is InChI=1S/C22H20FN2O4S/c1-28-16-5-3-4-14(10-16)13-25-21(26)20-18(8-9-30-20)24(22(25)27)12-15-6-7-19(29-2)17(23)11-15/h3-11,20H,12-13H2,1-2H3/q+1. The second-order valence-electron chi connectivity index (χ2n) is 6.86. The van der Waals surface area contributed by atoms with E-state index in [4.69, 9.17) is 9.47 Å². The van der Waals surface area contributed by atoms with Gasteiger partial charge in [-0.05, 0) is 46.9 Å². The first kappa shape index (κ1) is 20.2. The minimum absolute atomic E-state index is 0.132.